The Kier molecular flexibility index (Phi) is 4.55. The van der Waals surface area contributed by atoms with E-state index in [1.54, 1.807) is 6.07 Å². The number of ether oxygens (including phenoxy) is 2. The van der Waals surface area contributed by atoms with Gasteiger partial charge < -0.3 is 19.4 Å². The van der Waals surface area contributed by atoms with E-state index in [9.17, 15) is 4.79 Å². The number of nitrogens with zero attached hydrogens (tertiary/aromatic N) is 1. The highest BCUT2D eigenvalue weighted by atomic mass is 35.5. The first kappa shape index (κ1) is 18.8. The molecule has 2 aliphatic heterocycles. The number of aromatic nitrogens is 1. The predicted octanol–water partition coefficient (Wildman–Crippen LogP) is 5.09. The molecule has 3 aromatic rings. The summed E-state index contributed by atoms with van der Waals surface area (Å²) in [7, 11) is 0. The SMILES string of the molecule is Cc1cc(C=C2C(=O)Nc3ccc(Cl)cc32)c(C)n1CC1COc2ccccc2O1. The van der Waals surface area contributed by atoms with Crippen molar-refractivity contribution in [1.82, 2.24) is 4.57 Å². The van der Waals surface area contributed by atoms with Crippen molar-refractivity contribution in [2.75, 3.05) is 11.9 Å². The van der Waals surface area contributed by atoms with Gasteiger partial charge in [-0.25, -0.2) is 0 Å². The van der Waals surface area contributed by atoms with Gasteiger partial charge in [0.2, 0.25) is 0 Å². The topological polar surface area (TPSA) is 52.5 Å². The summed E-state index contributed by atoms with van der Waals surface area (Å²) < 4.78 is 14.2. The zero-order valence-corrected chi connectivity index (χ0v) is 17.5. The molecule has 1 atom stereocenters. The Morgan fingerprint density at radius 3 is 2.80 bits per heavy atom. The summed E-state index contributed by atoms with van der Waals surface area (Å²) in [6.45, 7) is 5.29. The van der Waals surface area contributed by atoms with Gasteiger partial charge in [-0.05, 0) is 61.9 Å². The van der Waals surface area contributed by atoms with Crippen molar-refractivity contribution in [3.05, 3.63) is 76.1 Å². The second-order valence-electron chi connectivity index (χ2n) is 7.64. The van der Waals surface area contributed by atoms with Gasteiger partial charge in [0.15, 0.2) is 17.6 Å². The third-order valence-corrected chi connectivity index (χ3v) is 5.87. The van der Waals surface area contributed by atoms with Gasteiger partial charge >= 0.3 is 0 Å². The van der Waals surface area contributed by atoms with Crippen molar-refractivity contribution in [1.29, 1.82) is 0 Å². The number of anilines is 1. The molecule has 0 bridgehead atoms. The van der Waals surface area contributed by atoms with Gasteiger partial charge in [0.05, 0.1) is 6.54 Å². The lowest BCUT2D eigenvalue weighted by molar-refractivity contribution is -0.110. The fourth-order valence-electron chi connectivity index (χ4n) is 4.07. The quantitative estimate of drug-likeness (QED) is 0.600. The maximum absolute atomic E-state index is 12.5. The first-order valence-electron chi connectivity index (χ1n) is 9.88. The summed E-state index contributed by atoms with van der Waals surface area (Å²) in [5, 5.41) is 3.51. The maximum Gasteiger partial charge on any atom is 0.256 e. The highest BCUT2D eigenvalue weighted by Gasteiger charge is 2.26. The van der Waals surface area contributed by atoms with Crippen LogP contribution in [0.5, 0.6) is 11.5 Å². The molecule has 0 aliphatic carbocycles. The molecule has 5 rings (SSSR count). The monoisotopic (exact) mass is 420 g/mol. The number of nitrogens with one attached hydrogen (secondary N) is 1. The fraction of sp³-hybridized carbons (Fsp3) is 0.208. The summed E-state index contributed by atoms with van der Waals surface area (Å²) in [6.07, 6.45) is 1.85. The van der Waals surface area contributed by atoms with Crippen molar-refractivity contribution >= 4 is 34.8 Å². The van der Waals surface area contributed by atoms with E-state index in [1.165, 1.54) is 0 Å². The number of benzene rings is 2. The average Bonchev–Trinajstić information content (AvgIpc) is 3.18. The second kappa shape index (κ2) is 7.26. The number of hydrogen-bond acceptors (Lipinski definition) is 3. The number of amides is 1. The molecule has 1 amide bonds. The highest BCUT2D eigenvalue weighted by Crippen LogP contribution is 2.36. The Balaban J connectivity index is 1.44. The minimum atomic E-state index is -0.113. The molecule has 6 heteroatoms. The standard InChI is InChI=1S/C24H21ClN2O3/c1-14-9-16(10-20-19-11-17(25)7-8-21(19)26-24(20)28)15(2)27(14)12-18-13-29-22-5-3-4-6-23(22)30-18/h3-11,18H,12-13H2,1-2H3,(H,26,28). The van der Waals surface area contributed by atoms with E-state index >= 15 is 0 Å². The summed E-state index contributed by atoms with van der Waals surface area (Å²) in [6, 6.07) is 15.2. The van der Waals surface area contributed by atoms with Crippen LogP contribution in [-0.2, 0) is 11.3 Å². The molecule has 1 N–H and O–H groups in total. The van der Waals surface area contributed by atoms with Crippen LogP contribution in [0.3, 0.4) is 0 Å². The maximum atomic E-state index is 12.5. The summed E-state index contributed by atoms with van der Waals surface area (Å²) in [5.74, 6) is 1.44. The van der Waals surface area contributed by atoms with Crippen LogP contribution in [0.2, 0.25) is 5.02 Å². The van der Waals surface area contributed by atoms with Crippen LogP contribution in [0, 0.1) is 13.8 Å². The van der Waals surface area contributed by atoms with Gasteiger partial charge in [0.25, 0.3) is 5.91 Å². The number of rotatable bonds is 3. The number of aryl methyl sites for hydroxylation is 1. The number of para-hydroxylation sites is 2. The van der Waals surface area contributed by atoms with E-state index in [-0.39, 0.29) is 12.0 Å². The van der Waals surface area contributed by atoms with Gasteiger partial charge in [0.1, 0.15) is 6.61 Å². The molecular weight excluding hydrogens is 400 g/mol. The first-order chi connectivity index (χ1) is 14.5. The van der Waals surface area contributed by atoms with Crippen molar-refractivity contribution in [3.8, 4) is 11.5 Å². The summed E-state index contributed by atoms with van der Waals surface area (Å²) >= 11 is 6.15. The molecule has 2 aromatic carbocycles. The molecule has 0 fully saturated rings. The zero-order chi connectivity index (χ0) is 20.8. The first-order valence-corrected chi connectivity index (χ1v) is 10.3. The van der Waals surface area contributed by atoms with Crippen LogP contribution in [-0.4, -0.2) is 23.2 Å². The Hall–Kier alpha value is -3.18. The number of carbonyl (C=O) groups is 1. The van der Waals surface area contributed by atoms with Crippen LogP contribution in [0.1, 0.15) is 22.5 Å². The molecule has 30 heavy (non-hydrogen) atoms. The van der Waals surface area contributed by atoms with Gasteiger partial charge in [0, 0.05) is 33.2 Å². The Morgan fingerprint density at radius 2 is 1.97 bits per heavy atom. The molecule has 152 valence electrons. The van der Waals surface area contributed by atoms with E-state index in [2.05, 4.69) is 29.8 Å². The van der Waals surface area contributed by atoms with Gasteiger partial charge in [-0.2, -0.15) is 0 Å². The molecule has 0 spiro atoms. The van der Waals surface area contributed by atoms with Crippen LogP contribution in [0.4, 0.5) is 5.69 Å². The molecule has 1 unspecified atom stereocenters. The minimum Gasteiger partial charge on any atom is -0.486 e. The summed E-state index contributed by atoms with van der Waals surface area (Å²) in [5.41, 5.74) is 5.42. The number of fused-ring (bicyclic) bond motifs is 2. The molecule has 3 heterocycles. The number of carbonyl (C=O) groups excluding carboxylic acids is 1. The third-order valence-electron chi connectivity index (χ3n) is 5.63. The lowest BCUT2D eigenvalue weighted by atomic mass is 10.0. The van der Waals surface area contributed by atoms with Crippen molar-refractivity contribution in [3.63, 3.8) is 0 Å². The van der Waals surface area contributed by atoms with E-state index in [0.717, 1.165) is 39.7 Å². The van der Waals surface area contributed by atoms with Crippen LogP contribution < -0.4 is 14.8 Å². The molecule has 0 saturated heterocycles. The molecule has 1 aromatic heterocycles. The number of hydrogen-bond donors (Lipinski definition) is 1. The predicted molar refractivity (Wildman–Crippen MR) is 118 cm³/mol. The molecule has 0 saturated carbocycles. The second-order valence-corrected chi connectivity index (χ2v) is 8.07. The molecule has 5 nitrogen and oxygen atoms in total. The summed E-state index contributed by atoms with van der Waals surface area (Å²) in [4.78, 5) is 12.5. The van der Waals surface area contributed by atoms with Gasteiger partial charge in [-0.15, -0.1) is 0 Å². The smallest absolute Gasteiger partial charge is 0.256 e. The molecule has 0 radical (unpaired) electrons. The van der Waals surface area contributed by atoms with E-state index < -0.39 is 0 Å². The van der Waals surface area contributed by atoms with Gasteiger partial charge in [-0.3, -0.25) is 4.79 Å². The van der Waals surface area contributed by atoms with Crippen LogP contribution in [0.15, 0.2) is 48.5 Å². The lowest BCUT2D eigenvalue weighted by Gasteiger charge is -2.27. The van der Waals surface area contributed by atoms with Crippen LogP contribution >= 0.6 is 11.6 Å². The number of halogens is 1. The van der Waals surface area contributed by atoms with Gasteiger partial charge in [-0.1, -0.05) is 23.7 Å². The Morgan fingerprint density at radius 1 is 1.17 bits per heavy atom. The van der Waals surface area contributed by atoms with E-state index in [4.69, 9.17) is 21.1 Å². The lowest BCUT2D eigenvalue weighted by Crippen LogP contribution is -2.33. The Bertz CT molecular complexity index is 1200. The van der Waals surface area contributed by atoms with Crippen LogP contribution in [0.25, 0.3) is 11.6 Å². The zero-order valence-electron chi connectivity index (χ0n) is 16.7. The van der Waals surface area contributed by atoms with Crippen molar-refractivity contribution in [2.24, 2.45) is 0 Å². The molecular formula is C24H21ClN2O3. The van der Waals surface area contributed by atoms with Crippen molar-refractivity contribution < 1.29 is 14.3 Å². The Labute approximate surface area is 179 Å². The van der Waals surface area contributed by atoms with E-state index in [1.807, 2.05) is 42.5 Å². The normalized spacial score (nSPS) is 18.4. The fourth-order valence-corrected chi connectivity index (χ4v) is 4.24. The van der Waals surface area contributed by atoms with E-state index in [0.29, 0.717) is 23.7 Å². The minimum absolute atomic E-state index is 0.0838. The molecule has 2 aliphatic rings. The third kappa shape index (κ3) is 3.25. The largest absolute Gasteiger partial charge is 0.486 e. The highest BCUT2D eigenvalue weighted by molar-refractivity contribution is 6.36. The average molecular weight is 421 g/mol. The van der Waals surface area contributed by atoms with Crippen molar-refractivity contribution in [2.45, 2.75) is 26.5 Å².